The van der Waals surface area contributed by atoms with Crippen LogP contribution in [0.15, 0.2) is 45.5 Å². The van der Waals surface area contributed by atoms with Crippen LogP contribution in [0.25, 0.3) is 0 Å². The van der Waals surface area contributed by atoms with Crippen molar-refractivity contribution < 1.29 is 18.7 Å². The molecule has 7 nitrogen and oxygen atoms in total. The Morgan fingerprint density at radius 2 is 1.88 bits per heavy atom. The minimum Gasteiger partial charge on any atom is -0.484 e. The number of thiocarbonyl (C=S) groups is 1. The summed E-state index contributed by atoms with van der Waals surface area (Å²) in [5.41, 5.74) is 4.67. The predicted molar refractivity (Wildman–Crippen MR) is 94.7 cm³/mol. The molecule has 0 aliphatic carbocycles. The Morgan fingerprint density at radius 3 is 2.50 bits per heavy atom. The average Bonchev–Trinajstić information content (AvgIpc) is 2.99. The van der Waals surface area contributed by atoms with Gasteiger partial charge in [-0.25, -0.2) is 0 Å². The van der Waals surface area contributed by atoms with E-state index in [1.165, 1.54) is 6.07 Å². The van der Waals surface area contributed by atoms with Crippen molar-refractivity contribution in [1.29, 1.82) is 0 Å². The SMILES string of the molecule is O=C(COc1ccc(Cl)cc1)NNC(=S)NC(=O)c1ccc(Br)o1. The lowest BCUT2D eigenvalue weighted by molar-refractivity contribution is -0.123. The summed E-state index contributed by atoms with van der Waals surface area (Å²) in [7, 11) is 0. The molecule has 0 aliphatic heterocycles. The van der Waals surface area contributed by atoms with Crippen LogP contribution in [0.2, 0.25) is 5.02 Å². The summed E-state index contributed by atoms with van der Waals surface area (Å²) < 4.78 is 10.7. The van der Waals surface area contributed by atoms with Gasteiger partial charge in [-0.05, 0) is 64.5 Å². The van der Waals surface area contributed by atoms with Crippen LogP contribution in [0.5, 0.6) is 5.75 Å². The monoisotopic (exact) mass is 431 g/mol. The summed E-state index contributed by atoms with van der Waals surface area (Å²) in [5, 5.41) is 2.82. The third-order valence-corrected chi connectivity index (χ3v) is 3.41. The lowest BCUT2D eigenvalue weighted by Gasteiger charge is -2.10. The molecule has 0 unspecified atom stereocenters. The Labute approximate surface area is 155 Å². The highest BCUT2D eigenvalue weighted by atomic mass is 79.9. The molecule has 0 saturated carbocycles. The number of carbonyl (C=O) groups excluding carboxylic acids is 2. The molecule has 0 saturated heterocycles. The van der Waals surface area contributed by atoms with E-state index in [9.17, 15) is 9.59 Å². The molecule has 126 valence electrons. The van der Waals surface area contributed by atoms with E-state index < -0.39 is 11.8 Å². The Hall–Kier alpha value is -2.10. The molecule has 0 spiro atoms. The second-order valence-corrected chi connectivity index (χ2v) is 5.93. The van der Waals surface area contributed by atoms with E-state index in [-0.39, 0.29) is 17.5 Å². The molecular weight excluding hydrogens is 422 g/mol. The highest BCUT2D eigenvalue weighted by Crippen LogP contribution is 2.15. The van der Waals surface area contributed by atoms with Gasteiger partial charge in [-0.1, -0.05) is 11.6 Å². The van der Waals surface area contributed by atoms with Crippen LogP contribution in [0.4, 0.5) is 0 Å². The lowest BCUT2D eigenvalue weighted by Crippen LogP contribution is -2.49. The summed E-state index contributed by atoms with van der Waals surface area (Å²) in [6.07, 6.45) is 0. The van der Waals surface area contributed by atoms with Crippen molar-refractivity contribution in [2.24, 2.45) is 0 Å². The number of hydrazine groups is 1. The van der Waals surface area contributed by atoms with Crippen molar-refractivity contribution >= 4 is 56.7 Å². The van der Waals surface area contributed by atoms with Gasteiger partial charge in [0, 0.05) is 5.02 Å². The maximum atomic E-state index is 11.7. The smallest absolute Gasteiger partial charge is 0.293 e. The molecule has 0 fully saturated rings. The zero-order valence-corrected chi connectivity index (χ0v) is 15.1. The first-order valence-corrected chi connectivity index (χ1v) is 8.06. The van der Waals surface area contributed by atoms with Gasteiger partial charge in [0.15, 0.2) is 22.1 Å². The molecule has 3 N–H and O–H groups in total. The standard InChI is InChI=1S/C14H11BrClN3O4S/c15-11-6-5-10(23-11)13(21)17-14(24)19-18-12(20)7-22-9-3-1-8(16)2-4-9/h1-6H,7H2,(H,18,20)(H2,17,19,21,24). The van der Waals surface area contributed by atoms with Crippen LogP contribution in [0.3, 0.4) is 0 Å². The van der Waals surface area contributed by atoms with E-state index >= 15 is 0 Å². The summed E-state index contributed by atoms with van der Waals surface area (Å²) >= 11 is 13.7. The topological polar surface area (TPSA) is 92.6 Å². The van der Waals surface area contributed by atoms with Crippen LogP contribution in [0, 0.1) is 0 Å². The summed E-state index contributed by atoms with van der Waals surface area (Å²) in [5.74, 6) is -0.468. The molecule has 0 atom stereocenters. The zero-order valence-electron chi connectivity index (χ0n) is 12.0. The fourth-order valence-corrected chi connectivity index (χ4v) is 2.05. The molecule has 0 aliphatic rings. The second kappa shape index (κ2) is 8.67. The minimum absolute atomic E-state index is 0.0726. The van der Waals surface area contributed by atoms with Gasteiger partial charge in [0.25, 0.3) is 11.8 Å². The fraction of sp³-hybridized carbons (Fsp3) is 0.0714. The number of hydrogen-bond acceptors (Lipinski definition) is 5. The second-order valence-electron chi connectivity index (χ2n) is 4.30. The van der Waals surface area contributed by atoms with Crippen molar-refractivity contribution in [3.63, 3.8) is 0 Å². The Kier molecular flexibility index (Phi) is 6.59. The number of ether oxygens (including phenoxy) is 1. The van der Waals surface area contributed by atoms with Crippen molar-refractivity contribution in [3.8, 4) is 5.75 Å². The van der Waals surface area contributed by atoms with Crippen LogP contribution >= 0.6 is 39.7 Å². The summed E-state index contributed by atoms with van der Waals surface area (Å²) in [6.45, 7) is -0.240. The molecule has 1 aromatic heterocycles. The summed E-state index contributed by atoms with van der Waals surface area (Å²) in [4.78, 5) is 23.4. The highest BCUT2D eigenvalue weighted by molar-refractivity contribution is 9.10. The maximum Gasteiger partial charge on any atom is 0.293 e. The van der Waals surface area contributed by atoms with Gasteiger partial charge in [0.05, 0.1) is 0 Å². The van der Waals surface area contributed by atoms with Crippen molar-refractivity contribution in [2.45, 2.75) is 0 Å². The fourth-order valence-electron chi connectivity index (χ4n) is 1.47. The molecule has 0 radical (unpaired) electrons. The van der Waals surface area contributed by atoms with Crippen molar-refractivity contribution in [3.05, 3.63) is 51.9 Å². The molecule has 2 amide bonds. The zero-order chi connectivity index (χ0) is 17.5. The van der Waals surface area contributed by atoms with Gasteiger partial charge < -0.3 is 9.15 Å². The van der Waals surface area contributed by atoms with E-state index in [0.717, 1.165) is 0 Å². The molecule has 2 aromatic rings. The summed E-state index contributed by atoms with van der Waals surface area (Å²) in [6, 6.07) is 9.60. The molecule has 1 aromatic carbocycles. The number of furan rings is 1. The number of hydrogen-bond donors (Lipinski definition) is 3. The molecule has 1 heterocycles. The quantitative estimate of drug-likeness (QED) is 0.508. The predicted octanol–water partition coefficient (Wildman–Crippen LogP) is 2.41. The number of amides is 2. The number of rotatable bonds is 4. The van der Waals surface area contributed by atoms with E-state index in [1.54, 1.807) is 30.3 Å². The lowest BCUT2D eigenvalue weighted by atomic mass is 10.3. The first-order chi connectivity index (χ1) is 11.4. The normalized spacial score (nSPS) is 9.92. The van der Waals surface area contributed by atoms with Crippen LogP contribution in [0.1, 0.15) is 10.6 Å². The van der Waals surface area contributed by atoms with Gasteiger partial charge in [0.1, 0.15) is 5.75 Å². The van der Waals surface area contributed by atoms with E-state index in [0.29, 0.717) is 15.4 Å². The van der Waals surface area contributed by atoms with Gasteiger partial charge in [0.2, 0.25) is 0 Å². The number of nitrogens with one attached hydrogen (secondary N) is 3. The van der Waals surface area contributed by atoms with Gasteiger partial charge >= 0.3 is 0 Å². The van der Waals surface area contributed by atoms with Crippen LogP contribution in [-0.4, -0.2) is 23.5 Å². The van der Waals surface area contributed by atoms with Crippen molar-refractivity contribution in [2.75, 3.05) is 6.61 Å². The molecule has 10 heteroatoms. The number of carbonyl (C=O) groups is 2. The number of benzene rings is 1. The third-order valence-electron chi connectivity index (χ3n) is 2.52. The molecule has 24 heavy (non-hydrogen) atoms. The van der Waals surface area contributed by atoms with Gasteiger partial charge in [-0.2, -0.15) is 0 Å². The maximum absolute atomic E-state index is 11.7. The third kappa shape index (κ3) is 5.84. The van der Waals surface area contributed by atoms with Gasteiger partial charge in [-0.3, -0.25) is 25.8 Å². The first-order valence-electron chi connectivity index (χ1n) is 6.48. The van der Waals surface area contributed by atoms with E-state index in [1.807, 2.05) is 0 Å². The van der Waals surface area contributed by atoms with E-state index in [2.05, 4.69) is 32.1 Å². The largest absolute Gasteiger partial charge is 0.484 e. The Balaban J connectivity index is 1.70. The molecular formula is C14H11BrClN3O4S. The van der Waals surface area contributed by atoms with Crippen molar-refractivity contribution in [1.82, 2.24) is 16.2 Å². The Morgan fingerprint density at radius 1 is 1.17 bits per heavy atom. The Bertz CT molecular complexity index is 751. The number of halogens is 2. The molecule has 0 bridgehead atoms. The van der Waals surface area contributed by atoms with E-state index in [4.69, 9.17) is 33.0 Å². The average molecular weight is 433 g/mol. The molecule has 2 rings (SSSR count). The first kappa shape index (κ1) is 18.2. The van der Waals surface area contributed by atoms with Crippen LogP contribution < -0.4 is 20.9 Å². The minimum atomic E-state index is -0.551. The van der Waals surface area contributed by atoms with Gasteiger partial charge in [-0.15, -0.1) is 0 Å². The highest BCUT2D eigenvalue weighted by Gasteiger charge is 2.12. The van der Waals surface area contributed by atoms with Crippen LogP contribution in [-0.2, 0) is 4.79 Å².